The number of aromatic nitrogens is 3. The molecule has 0 radical (unpaired) electrons. The highest BCUT2D eigenvalue weighted by molar-refractivity contribution is 5.69. The van der Waals surface area contributed by atoms with Gasteiger partial charge in [0.15, 0.2) is 5.82 Å². The zero-order valence-electron chi connectivity index (χ0n) is 11.8. The van der Waals surface area contributed by atoms with Gasteiger partial charge in [-0.15, -0.1) is 10.2 Å². The Morgan fingerprint density at radius 3 is 2.52 bits per heavy atom. The molecule has 1 heterocycles. The van der Waals surface area contributed by atoms with Gasteiger partial charge >= 0.3 is 0 Å². The molecule has 1 aromatic heterocycles. The minimum Gasteiger partial charge on any atom is -0.399 e. The lowest BCUT2D eigenvalue weighted by Gasteiger charge is -2.05. The Kier molecular flexibility index (Phi) is 3.51. The Balaban J connectivity index is 1.97. The lowest BCUT2D eigenvalue weighted by atomic mass is 10.2. The normalized spacial score (nSPS) is 11.1. The quantitative estimate of drug-likeness (QED) is 0.746. The Bertz CT molecular complexity index is 772. The van der Waals surface area contributed by atoms with Crippen molar-refractivity contribution in [3.8, 4) is 5.69 Å². The third kappa shape index (κ3) is 2.84. The largest absolute Gasteiger partial charge is 0.399 e. The summed E-state index contributed by atoms with van der Waals surface area (Å²) in [5, 5.41) is 8.38. The van der Waals surface area contributed by atoms with Crippen molar-refractivity contribution >= 4 is 17.8 Å². The maximum atomic E-state index is 5.79. The van der Waals surface area contributed by atoms with Gasteiger partial charge in [0.2, 0.25) is 0 Å². The fourth-order valence-corrected chi connectivity index (χ4v) is 2.22. The van der Waals surface area contributed by atoms with E-state index in [2.05, 4.69) is 10.2 Å². The molecule has 3 aromatic rings. The molecule has 0 atom stereocenters. The van der Waals surface area contributed by atoms with Gasteiger partial charge in [-0.3, -0.25) is 4.57 Å². The molecule has 4 nitrogen and oxygen atoms in total. The zero-order chi connectivity index (χ0) is 14.7. The maximum absolute atomic E-state index is 5.79. The molecular weight excluding hydrogens is 260 g/mol. The van der Waals surface area contributed by atoms with Gasteiger partial charge in [0.05, 0.1) is 0 Å². The summed E-state index contributed by atoms with van der Waals surface area (Å²) < 4.78 is 2.02. The number of benzene rings is 2. The first-order valence-corrected chi connectivity index (χ1v) is 6.75. The third-order valence-corrected chi connectivity index (χ3v) is 3.20. The van der Waals surface area contributed by atoms with Crippen LogP contribution in [-0.4, -0.2) is 14.8 Å². The van der Waals surface area contributed by atoms with E-state index in [0.717, 1.165) is 28.6 Å². The van der Waals surface area contributed by atoms with E-state index < -0.39 is 0 Å². The van der Waals surface area contributed by atoms with Gasteiger partial charge in [-0.05, 0) is 42.8 Å². The van der Waals surface area contributed by atoms with E-state index in [0.29, 0.717) is 0 Å². The number of hydrogen-bond donors (Lipinski definition) is 1. The number of nitrogens with two attached hydrogens (primary N) is 1. The highest BCUT2D eigenvalue weighted by Crippen LogP contribution is 2.15. The van der Waals surface area contributed by atoms with E-state index >= 15 is 0 Å². The number of rotatable bonds is 3. The minimum atomic E-state index is 0.748. The molecule has 0 saturated carbocycles. The summed E-state index contributed by atoms with van der Waals surface area (Å²) in [5.41, 5.74) is 8.62. The highest BCUT2D eigenvalue weighted by atomic mass is 15.3. The fraction of sp³-hybridized carbons (Fsp3) is 0.0588. The molecule has 104 valence electrons. The van der Waals surface area contributed by atoms with E-state index in [-0.39, 0.29) is 0 Å². The van der Waals surface area contributed by atoms with Crippen molar-refractivity contribution in [2.75, 3.05) is 5.73 Å². The van der Waals surface area contributed by atoms with Gasteiger partial charge < -0.3 is 5.73 Å². The minimum absolute atomic E-state index is 0.748. The van der Waals surface area contributed by atoms with Crippen LogP contribution in [0.5, 0.6) is 0 Å². The van der Waals surface area contributed by atoms with E-state index in [4.69, 9.17) is 5.73 Å². The lowest BCUT2D eigenvalue weighted by Crippen LogP contribution is -1.99. The second-order valence-electron chi connectivity index (χ2n) is 4.78. The molecule has 0 unspecified atom stereocenters. The summed E-state index contributed by atoms with van der Waals surface area (Å²) in [6.45, 7) is 1.94. The first-order chi connectivity index (χ1) is 10.2. The number of nitrogen functional groups attached to an aromatic ring is 1. The maximum Gasteiger partial charge on any atom is 0.161 e. The third-order valence-electron chi connectivity index (χ3n) is 3.20. The molecular formula is C17H16N4. The average Bonchev–Trinajstić information content (AvgIpc) is 2.87. The van der Waals surface area contributed by atoms with Crippen molar-refractivity contribution in [1.82, 2.24) is 14.8 Å². The number of aryl methyl sites for hydroxylation is 1. The van der Waals surface area contributed by atoms with Crippen LogP contribution in [0.25, 0.3) is 17.8 Å². The smallest absolute Gasteiger partial charge is 0.161 e. The van der Waals surface area contributed by atoms with Crippen LogP contribution in [0, 0.1) is 6.92 Å². The number of hydrogen-bond acceptors (Lipinski definition) is 3. The van der Waals surface area contributed by atoms with Crippen LogP contribution < -0.4 is 5.73 Å². The summed E-state index contributed by atoms with van der Waals surface area (Å²) in [6, 6.07) is 17.8. The van der Waals surface area contributed by atoms with Crippen LogP contribution in [0.15, 0.2) is 54.6 Å². The number of nitrogens with zero attached hydrogens (tertiary/aromatic N) is 3. The molecule has 4 heteroatoms. The summed E-state index contributed by atoms with van der Waals surface area (Å²) in [6.07, 6.45) is 3.93. The Hall–Kier alpha value is -2.88. The second-order valence-corrected chi connectivity index (χ2v) is 4.78. The van der Waals surface area contributed by atoms with Crippen LogP contribution in [0.2, 0.25) is 0 Å². The monoisotopic (exact) mass is 276 g/mol. The Morgan fingerprint density at radius 1 is 0.952 bits per heavy atom. The van der Waals surface area contributed by atoms with Crippen LogP contribution >= 0.6 is 0 Å². The standard InChI is InChI=1S/C17H16N4/c1-13-19-20-17(21(13)16-8-3-2-4-9-16)11-10-14-6-5-7-15(18)12-14/h2-12H,18H2,1H3/b11-10+. The predicted molar refractivity (Wildman–Crippen MR) is 85.9 cm³/mol. The summed E-state index contributed by atoms with van der Waals surface area (Å²) >= 11 is 0. The van der Waals surface area contributed by atoms with E-state index in [1.807, 2.05) is 78.2 Å². The summed E-state index contributed by atoms with van der Waals surface area (Å²) in [4.78, 5) is 0. The molecule has 3 rings (SSSR count). The first-order valence-electron chi connectivity index (χ1n) is 6.75. The van der Waals surface area contributed by atoms with Gasteiger partial charge in [-0.2, -0.15) is 0 Å². The van der Waals surface area contributed by atoms with Crippen molar-refractivity contribution in [3.05, 3.63) is 71.8 Å². The number of para-hydroxylation sites is 1. The molecule has 21 heavy (non-hydrogen) atoms. The van der Waals surface area contributed by atoms with Crippen LogP contribution in [0.3, 0.4) is 0 Å². The SMILES string of the molecule is Cc1nnc(/C=C/c2cccc(N)c2)n1-c1ccccc1. The van der Waals surface area contributed by atoms with Crippen molar-refractivity contribution < 1.29 is 0 Å². The molecule has 0 spiro atoms. The van der Waals surface area contributed by atoms with E-state index in [1.54, 1.807) is 0 Å². The molecule has 0 amide bonds. The molecule has 0 aliphatic rings. The van der Waals surface area contributed by atoms with Crippen LogP contribution in [0.1, 0.15) is 17.2 Å². The highest BCUT2D eigenvalue weighted by Gasteiger charge is 2.07. The molecule has 0 bridgehead atoms. The van der Waals surface area contributed by atoms with Gasteiger partial charge in [0.25, 0.3) is 0 Å². The molecule has 0 aliphatic heterocycles. The summed E-state index contributed by atoms with van der Waals surface area (Å²) in [7, 11) is 0. The van der Waals surface area contributed by atoms with Crippen LogP contribution in [0.4, 0.5) is 5.69 Å². The molecule has 0 aliphatic carbocycles. The second kappa shape index (κ2) is 5.63. The van der Waals surface area contributed by atoms with E-state index in [9.17, 15) is 0 Å². The average molecular weight is 276 g/mol. The fourth-order valence-electron chi connectivity index (χ4n) is 2.22. The Morgan fingerprint density at radius 2 is 1.76 bits per heavy atom. The predicted octanol–water partition coefficient (Wildman–Crippen LogP) is 3.33. The van der Waals surface area contributed by atoms with Crippen molar-refractivity contribution in [1.29, 1.82) is 0 Å². The molecule has 0 fully saturated rings. The molecule has 2 aromatic carbocycles. The van der Waals surface area contributed by atoms with Gasteiger partial charge in [0, 0.05) is 11.4 Å². The van der Waals surface area contributed by atoms with Crippen molar-refractivity contribution in [3.63, 3.8) is 0 Å². The molecule has 2 N–H and O–H groups in total. The summed E-state index contributed by atoms with van der Waals surface area (Å²) in [5.74, 6) is 1.65. The van der Waals surface area contributed by atoms with Crippen molar-refractivity contribution in [2.24, 2.45) is 0 Å². The van der Waals surface area contributed by atoms with Crippen LogP contribution in [-0.2, 0) is 0 Å². The first kappa shape index (κ1) is 13.1. The van der Waals surface area contributed by atoms with Gasteiger partial charge in [-0.25, -0.2) is 0 Å². The molecule has 0 saturated heterocycles. The topological polar surface area (TPSA) is 56.7 Å². The van der Waals surface area contributed by atoms with Crippen molar-refractivity contribution in [2.45, 2.75) is 6.92 Å². The lowest BCUT2D eigenvalue weighted by molar-refractivity contribution is 0.964. The zero-order valence-corrected chi connectivity index (χ0v) is 11.8. The van der Waals surface area contributed by atoms with Gasteiger partial charge in [-0.1, -0.05) is 36.4 Å². The van der Waals surface area contributed by atoms with E-state index in [1.165, 1.54) is 0 Å². The number of anilines is 1. The van der Waals surface area contributed by atoms with Gasteiger partial charge in [0.1, 0.15) is 5.82 Å². The Labute approximate surface area is 123 Å².